The molecule has 7 nitrogen and oxygen atoms in total. The number of nitrogens with zero attached hydrogens (tertiary/aromatic N) is 3. The first-order chi connectivity index (χ1) is 9.63. The summed E-state index contributed by atoms with van der Waals surface area (Å²) in [5, 5.41) is 22.5. The molecule has 0 saturated heterocycles. The van der Waals surface area contributed by atoms with Gasteiger partial charge in [-0.2, -0.15) is 10.2 Å². The Balaban J connectivity index is 2.40. The molecule has 0 spiro atoms. The van der Waals surface area contributed by atoms with Gasteiger partial charge in [0.05, 0.1) is 16.6 Å². The van der Waals surface area contributed by atoms with Gasteiger partial charge in [0, 0.05) is 13.1 Å². The van der Waals surface area contributed by atoms with Crippen LogP contribution in [0.15, 0.2) is 36.4 Å². The quantitative estimate of drug-likeness (QED) is 0.677. The van der Waals surface area contributed by atoms with Gasteiger partial charge in [0.15, 0.2) is 0 Å². The maximum atomic E-state index is 10.9. The van der Waals surface area contributed by atoms with Gasteiger partial charge in [0.25, 0.3) is 0 Å². The van der Waals surface area contributed by atoms with E-state index in [1.807, 2.05) is 6.07 Å². The molecule has 0 aliphatic rings. The Morgan fingerprint density at radius 1 is 1.40 bits per heavy atom. The van der Waals surface area contributed by atoms with Gasteiger partial charge in [-0.25, -0.2) is 0 Å². The lowest BCUT2D eigenvalue weighted by Gasteiger charge is -2.07. The van der Waals surface area contributed by atoms with E-state index in [4.69, 9.17) is 10.00 Å². The summed E-state index contributed by atoms with van der Waals surface area (Å²) in [6.07, 6.45) is 0. The van der Waals surface area contributed by atoms with Gasteiger partial charge in [-0.1, -0.05) is 6.07 Å². The van der Waals surface area contributed by atoms with E-state index < -0.39 is 4.92 Å². The van der Waals surface area contributed by atoms with Crippen molar-refractivity contribution in [1.29, 1.82) is 5.26 Å². The summed E-state index contributed by atoms with van der Waals surface area (Å²) in [4.78, 5) is 14.4. The van der Waals surface area contributed by atoms with Gasteiger partial charge in [0.2, 0.25) is 0 Å². The average Bonchev–Trinajstić information content (AvgIpc) is 2.47. The molecule has 20 heavy (non-hydrogen) atoms. The molecule has 1 N–H and O–H groups in total. The third kappa shape index (κ3) is 2.81. The zero-order valence-corrected chi connectivity index (χ0v) is 10.5. The molecule has 0 aliphatic heterocycles. The van der Waals surface area contributed by atoms with E-state index in [1.54, 1.807) is 25.2 Å². The number of ether oxygens (including phenoxy) is 1. The molecule has 1 aromatic heterocycles. The third-order valence-electron chi connectivity index (χ3n) is 2.47. The first kappa shape index (κ1) is 13.3. The van der Waals surface area contributed by atoms with Gasteiger partial charge in [-0.3, -0.25) is 10.1 Å². The molecule has 0 fully saturated rings. The van der Waals surface area contributed by atoms with Crippen LogP contribution in [0, 0.1) is 21.4 Å². The Hall–Kier alpha value is -3.14. The van der Waals surface area contributed by atoms with Crippen molar-refractivity contribution in [2.75, 3.05) is 12.4 Å². The second-order valence-electron chi connectivity index (χ2n) is 3.77. The van der Waals surface area contributed by atoms with Gasteiger partial charge < -0.3 is 10.1 Å². The Kier molecular flexibility index (Phi) is 3.77. The minimum Gasteiger partial charge on any atom is -0.434 e. The Morgan fingerprint density at radius 3 is 2.85 bits per heavy atom. The van der Waals surface area contributed by atoms with Crippen molar-refractivity contribution in [1.82, 2.24) is 4.98 Å². The monoisotopic (exact) mass is 270 g/mol. The topological polar surface area (TPSA) is 101 Å². The SMILES string of the molecule is CNc1ccc([N+](=O)[O-])c(Oc2cccc(C#N)c2)n1. The Morgan fingerprint density at radius 2 is 2.20 bits per heavy atom. The number of nitro groups is 1. The molecule has 1 heterocycles. The Labute approximate surface area is 114 Å². The van der Waals surface area contributed by atoms with Crippen LogP contribution >= 0.6 is 0 Å². The molecular weight excluding hydrogens is 260 g/mol. The molecule has 0 amide bonds. The molecule has 7 heteroatoms. The lowest BCUT2D eigenvalue weighted by atomic mass is 10.2. The maximum Gasteiger partial charge on any atom is 0.331 e. The molecular formula is C13H10N4O3. The summed E-state index contributed by atoms with van der Waals surface area (Å²) in [6.45, 7) is 0. The summed E-state index contributed by atoms with van der Waals surface area (Å²) in [5.41, 5.74) is 0.154. The van der Waals surface area contributed by atoms with E-state index in [-0.39, 0.29) is 11.6 Å². The van der Waals surface area contributed by atoms with Gasteiger partial charge in [-0.05, 0) is 24.3 Å². The summed E-state index contributed by atoms with van der Waals surface area (Å²) in [6, 6.07) is 11.1. The van der Waals surface area contributed by atoms with Crippen LogP contribution in [-0.2, 0) is 0 Å². The number of rotatable bonds is 4. The van der Waals surface area contributed by atoms with Crippen molar-refractivity contribution in [2.24, 2.45) is 0 Å². The number of nitriles is 1. The zero-order valence-electron chi connectivity index (χ0n) is 10.5. The molecule has 100 valence electrons. The highest BCUT2D eigenvalue weighted by molar-refractivity contribution is 5.50. The number of anilines is 1. The standard InChI is InChI=1S/C13H10N4O3/c1-15-12-6-5-11(17(18)19)13(16-12)20-10-4-2-3-9(7-10)8-14/h2-7H,1H3,(H,15,16). The number of hydrogen-bond donors (Lipinski definition) is 1. The molecule has 0 atom stereocenters. The van der Waals surface area contributed by atoms with E-state index in [9.17, 15) is 10.1 Å². The number of nitrogens with one attached hydrogen (secondary N) is 1. The Bertz CT molecular complexity index is 694. The van der Waals surface area contributed by atoms with Crippen LogP contribution in [-0.4, -0.2) is 17.0 Å². The predicted molar refractivity (Wildman–Crippen MR) is 71.7 cm³/mol. The highest BCUT2D eigenvalue weighted by Gasteiger charge is 2.18. The summed E-state index contributed by atoms with van der Waals surface area (Å²) >= 11 is 0. The molecule has 2 aromatic rings. The number of benzene rings is 1. The van der Waals surface area contributed by atoms with E-state index in [0.29, 0.717) is 17.1 Å². The van der Waals surface area contributed by atoms with Gasteiger partial charge >= 0.3 is 11.6 Å². The lowest BCUT2D eigenvalue weighted by molar-refractivity contribution is -0.386. The van der Waals surface area contributed by atoms with Crippen LogP contribution in [0.5, 0.6) is 11.6 Å². The third-order valence-corrected chi connectivity index (χ3v) is 2.47. The summed E-state index contributed by atoms with van der Waals surface area (Å²) in [5.74, 6) is 0.631. The number of pyridine rings is 1. The highest BCUT2D eigenvalue weighted by Crippen LogP contribution is 2.30. The van der Waals surface area contributed by atoms with Crippen molar-refractivity contribution in [3.05, 3.63) is 52.1 Å². The summed E-state index contributed by atoms with van der Waals surface area (Å²) < 4.78 is 5.41. The van der Waals surface area contributed by atoms with Crippen LogP contribution in [0.25, 0.3) is 0 Å². The van der Waals surface area contributed by atoms with Crippen LogP contribution in [0.4, 0.5) is 11.5 Å². The minimum absolute atomic E-state index is 0.128. The summed E-state index contributed by atoms with van der Waals surface area (Å²) in [7, 11) is 1.65. The van der Waals surface area contributed by atoms with Crippen molar-refractivity contribution in [2.45, 2.75) is 0 Å². The molecule has 0 radical (unpaired) electrons. The second-order valence-corrected chi connectivity index (χ2v) is 3.77. The minimum atomic E-state index is -0.573. The largest absolute Gasteiger partial charge is 0.434 e. The molecule has 0 saturated carbocycles. The maximum absolute atomic E-state index is 10.9. The molecule has 0 unspecified atom stereocenters. The lowest BCUT2D eigenvalue weighted by Crippen LogP contribution is -1.99. The average molecular weight is 270 g/mol. The fraction of sp³-hybridized carbons (Fsp3) is 0.0769. The van der Waals surface area contributed by atoms with Crippen LogP contribution < -0.4 is 10.1 Å². The van der Waals surface area contributed by atoms with Crippen molar-refractivity contribution < 1.29 is 9.66 Å². The number of aromatic nitrogens is 1. The van der Waals surface area contributed by atoms with Crippen molar-refractivity contribution >= 4 is 11.5 Å². The highest BCUT2D eigenvalue weighted by atomic mass is 16.6. The second kappa shape index (κ2) is 5.67. The van der Waals surface area contributed by atoms with Crippen LogP contribution in [0.1, 0.15) is 5.56 Å². The zero-order chi connectivity index (χ0) is 14.5. The fourth-order valence-corrected chi connectivity index (χ4v) is 1.53. The van der Waals surface area contributed by atoms with E-state index in [0.717, 1.165) is 0 Å². The van der Waals surface area contributed by atoms with Gasteiger partial charge in [0.1, 0.15) is 11.6 Å². The van der Waals surface area contributed by atoms with Crippen LogP contribution in [0.3, 0.4) is 0 Å². The molecule has 0 aliphatic carbocycles. The first-order valence-corrected chi connectivity index (χ1v) is 5.65. The molecule has 2 rings (SSSR count). The predicted octanol–water partition coefficient (Wildman–Crippen LogP) is 2.70. The molecule has 1 aromatic carbocycles. The molecule has 0 bridgehead atoms. The first-order valence-electron chi connectivity index (χ1n) is 5.65. The van der Waals surface area contributed by atoms with Crippen molar-refractivity contribution in [3.63, 3.8) is 0 Å². The van der Waals surface area contributed by atoms with E-state index >= 15 is 0 Å². The van der Waals surface area contributed by atoms with Gasteiger partial charge in [-0.15, -0.1) is 0 Å². The number of hydrogen-bond acceptors (Lipinski definition) is 6. The van der Waals surface area contributed by atoms with E-state index in [2.05, 4.69) is 10.3 Å². The van der Waals surface area contributed by atoms with E-state index in [1.165, 1.54) is 18.2 Å². The van der Waals surface area contributed by atoms with Crippen LogP contribution in [0.2, 0.25) is 0 Å². The normalized spacial score (nSPS) is 9.60. The smallest absolute Gasteiger partial charge is 0.331 e. The van der Waals surface area contributed by atoms with Crippen molar-refractivity contribution in [3.8, 4) is 17.7 Å². The fourth-order valence-electron chi connectivity index (χ4n) is 1.53.